The van der Waals surface area contributed by atoms with E-state index in [0.717, 1.165) is 35.1 Å². The maximum atomic E-state index is 12.2. The van der Waals surface area contributed by atoms with Crippen LogP contribution in [0.3, 0.4) is 0 Å². The smallest absolute Gasteiger partial charge is 0.244 e. The van der Waals surface area contributed by atoms with Gasteiger partial charge in [0.25, 0.3) is 0 Å². The molecule has 1 N–H and O–H groups in total. The normalized spacial score (nSPS) is 11.0. The minimum absolute atomic E-state index is 0.143. The van der Waals surface area contributed by atoms with E-state index < -0.39 is 0 Å². The summed E-state index contributed by atoms with van der Waals surface area (Å²) in [7, 11) is 0. The third-order valence-corrected chi connectivity index (χ3v) is 6.42. The van der Waals surface area contributed by atoms with Gasteiger partial charge in [-0.05, 0) is 106 Å². The van der Waals surface area contributed by atoms with Gasteiger partial charge in [0, 0.05) is 5.02 Å². The van der Waals surface area contributed by atoms with E-state index in [1.165, 1.54) is 5.56 Å². The van der Waals surface area contributed by atoms with E-state index in [1.54, 1.807) is 6.21 Å². The number of carbonyl (C=O) groups excluding carboxylic acids is 1. The molecule has 0 atom stereocenters. The lowest BCUT2D eigenvalue weighted by atomic mass is 10.0. The van der Waals surface area contributed by atoms with Crippen LogP contribution in [-0.2, 0) is 17.8 Å². The van der Waals surface area contributed by atoms with Gasteiger partial charge in [0.1, 0.15) is 12.4 Å². The lowest BCUT2D eigenvalue weighted by molar-refractivity contribution is -0.120. The third-order valence-electron chi connectivity index (χ3n) is 4.57. The molecule has 0 unspecified atom stereocenters. The first-order valence-electron chi connectivity index (χ1n) is 9.56. The molecule has 0 aliphatic rings. The Morgan fingerprint density at radius 2 is 1.74 bits per heavy atom. The molecule has 31 heavy (non-hydrogen) atoms. The number of nitrogens with one attached hydrogen (secondary N) is 1. The Bertz CT molecular complexity index is 1090. The number of ether oxygens (including phenoxy) is 1. The van der Waals surface area contributed by atoms with Crippen LogP contribution in [0.25, 0.3) is 0 Å². The van der Waals surface area contributed by atoms with Crippen molar-refractivity contribution in [1.82, 2.24) is 5.43 Å². The summed E-state index contributed by atoms with van der Waals surface area (Å²) in [5, 5.41) is 4.82. The van der Waals surface area contributed by atoms with E-state index in [4.69, 9.17) is 16.3 Å². The minimum Gasteiger partial charge on any atom is -0.487 e. The lowest BCUT2D eigenvalue weighted by Gasteiger charge is -2.11. The summed E-state index contributed by atoms with van der Waals surface area (Å²) < 4.78 is 7.95. The van der Waals surface area contributed by atoms with Crippen LogP contribution in [0.5, 0.6) is 5.75 Å². The Balaban J connectivity index is 1.59. The molecule has 0 aliphatic heterocycles. The number of amides is 1. The fourth-order valence-corrected chi connectivity index (χ4v) is 5.22. The monoisotopic (exact) mass is 658 g/mol. The Kier molecular flexibility index (Phi) is 8.74. The number of hydrogen-bond donors (Lipinski definition) is 1. The van der Waals surface area contributed by atoms with Crippen LogP contribution in [0.1, 0.15) is 27.8 Å². The van der Waals surface area contributed by atoms with Crippen LogP contribution >= 0.6 is 56.8 Å². The molecule has 0 radical (unpaired) electrons. The second-order valence-electron chi connectivity index (χ2n) is 7.13. The predicted octanol–water partition coefficient (Wildman–Crippen LogP) is 6.44. The van der Waals surface area contributed by atoms with E-state index >= 15 is 0 Å². The van der Waals surface area contributed by atoms with Crippen molar-refractivity contribution in [1.29, 1.82) is 0 Å². The number of halogens is 3. The standard InChI is InChI=1S/C24H21ClI2N2O2/c1-15-3-6-19(16(2)9-15)12-23(30)29-28-13-18-10-21(26)24(22(27)11-18)31-14-17-4-7-20(25)8-5-17/h3-11,13H,12,14H2,1-2H3,(H,29,30)/b28-13+. The molecule has 0 heterocycles. The van der Waals surface area contributed by atoms with Gasteiger partial charge < -0.3 is 4.74 Å². The summed E-state index contributed by atoms with van der Waals surface area (Å²) in [6.45, 7) is 4.52. The second-order valence-corrected chi connectivity index (χ2v) is 9.89. The van der Waals surface area contributed by atoms with Crippen LogP contribution < -0.4 is 10.2 Å². The summed E-state index contributed by atoms with van der Waals surface area (Å²) >= 11 is 10.4. The molecule has 7 heteroatoms. The summed E-state index contributed by atoms with van der Waals surface area (Å²) in [5.41, 5.74) is 7.85. The number of benzene rings is 3. The van der Waals surface area contributed by atoms with Crippen LogP contribution in [0, 0.1) is 21.0 Å². The number of aryl methyl sites for hydroxylation is 2. The van der Waals surface area contributed by atoms with Crippen molar-refractivity contribution in [2.45, 2.75) is 26.9 Å². The lowest BCUT2D eigenvalue weighted by Crippen LogP contribution is -2.20. The van der Waals surface area contributed by atoms with Gasteiger partial charge in [0.2, 0.25) is 5.91 Å². The minimum atomic E-state index is -0.143. The zero-order valence-electron chi connectivity index (χ0n) is 17.1. The van der Waals surface area contributed by atoms with Crippen LogP contribution in [0.15, 0.2) is 59.7 Å². The Morgan fingerprint density at radius 1 is 1.06 bits per heavy atom. The Morgan fingerprint density at radius 3 is 2.39 bits per heavy atom. The van der Waals surface area contributed by atoms with E-state index in [0.29, 0.717) is 18.1 Å². The van der Waals surface area contributed by atoms with E-state index in [-0.39, 0.29) is 5.91 Å². The average molecular weight is 659 g/mol. The zero-order chi connectivity index (χ0) is 22.4. The highest BCUT2D eigenvalue weighted by molar-refractivity contribution is 14.1. The van der Waals surface area contributed by atoms with Gasteiger partial charge in [-0.2, -0.15) is 5.10 Å². The summed E-state index contributed by atoms with van der Waals surface area (Å²) in [5.74, 6) is 0.683. The summed E-state index contributed by atoms with van der Waals surface area (Å²) in [4.78, 5) is 12.2. The SMILES string of the molecule is Cc1ccc(CC(=O)N/N=C/c2cc(I)c(OCc3ccc(Cl)cc3)c(I)c2)c(C)c1. The fourth-order valence-electron chi connectivity index (χ4n) is 2.96. The largest absolute Gasteiger partial charge is 0.487 e. The Hall–Kier alpha value is -1.65. The molecule has 0 aliphatic carbocycles. The number of rotatable bonds is 7. The molecule has 0 saturated heterocycles. The van der Waals surface area contributed by atoms with Crippen LogP contribution in [0.2, 0.25) is 5.02 Å². The van der Waals surface area contributed by atoms with Gasteiger partial charge in [-0.15, -0.1) is 0 Å². The van der Waals surface area contributed by atoms with E-state index in [2.05, 4.69) is 61.8 Å². The van der Waals surface area contributed by atoms with Crippen molar-refractivity contribution < 1.29 is 9.53 Å². The molecule has 1 amide bonds. The maximum Gasteiger partial charge on any atom is 0.244 e. The van der Waals surface area contributed by atoms with E-state index in [9.17, 15) is 4.79 Å². The first kappa shape index (κ1) is 24.0. The summed E-state index contributed by atoms with van der Waals surface area (Å²) in [6.07, 6.45) is 1.95. The molecule has 0 fully saturated rings. The van der Waals surface area contributed by atoms with Crippen LogP contribution in [-0.4, -0.2) is 12.1 Å². The van der Waals surface area contributed by atoms with Gasteiger partial charge in [-0.1, -0.05) is 47.5 Å². The average Bonchev–Trinajstić information content (AvgIpc) is 2.71. The predicted molar refractivity (Wildman–Crippen MR) is 143 cm³/mol. The van der Waals surface area contributed by atoms with Gasteiger partial charge in [-0.3, -0.25) is 4.79 Å². The van der Waals surface area contributed by atoms with Crippen molar-refractivity contribution in [3.8, 4) is 5.75 Å². The van der Waals surface area contributed by atoms with Crippen molar-refractivity contribution >= 4 is 68.9 Å². The first-order chi connectivity index (χ1) is 14.8. The number of hydrazone groups is 1. The van der Waals surface area contributed by atoms with Gasteiger partial charge in [0.05, 0.1) is 19.8 Å². The molecule has 0 saturated carbocycles. The zero-order valence-corrected chi connectivity index (χ0v) is 22.2. The van der Waals surface area contributed by atoms with Gasteiger partial charge >= 0.3 is 0 Å². The molecule has 0 spiro atoms. The second kappa shape index (κ2) is 11.3. The number of carbonyl (C=O) groups is 1. The van der Waals surface area contributed by atoms with Crippen molar-refractivity contribution in [3.63, 3.8) is 0 Å². The van der Waals surface area contributed by atoms with Crippen molar-refractivity contribution in [2.24, 2.45) is 5.10 Å². The van der Waals surface area contributed by atoms with Crippen LogP contribution in [0.4, 0.5) is 0 Å². The first-order valence-corrected chi connectivity index (χ1v) is 12.1. The highest BCUT2D eigenvalue weighted by Crippen LogP contribution is 2.29. The van der Waals surface area contributed by atoms with Crippen molar-refractivity contribution in [2.75, 3.05) is 0 Å². The van der Waals surface area contributed by atoms with E-state index in [1.807, 2.05) is 62.4 Å². The fraction of sp³-hybridized carbons (Fsp3) is 0.167. The van der Waals surface area contributed by atoms with Crippen molar-refractivity contribution in [3.05, 3.63) is 94.6 Å². The van der Waals surface area contributed by atoms with Gasteiger partial charge in [0.15, 0.2) is 0 Å². The molecule has 0 aromatic heterocycles. The molecule has 4 nitrogen and oxygen atoms in total. The molecule has 3 aromatic rings. The topological polar surface area (TPSA) is 50.7 Å². The number of hydrogen-bond acceptors (Lipinski definition) is 3. The Labute approximate surface area is 214 Å². The number of nitrogens with zero attached hydrogens (tertiary/aromatic N) is 1. The third kappa shape index (κ3) is 7.18. The molecular weight excluding hydrogens is 638 g/mol. The molecule has 3 aromatic carbocycles. The highest BCUT2D eigenvalue weighted by atomic mass is 127. The molecule has 3 rings (SSSR count). The quantitative estimate of drug-likeness (QED) is 0.181. The molecular formula is C24H21ClI2N2O2. The summed E-state index contributed by atoms with van der Waals surface area (Å²) in [6, 6.07) is 17.6. The highest BCUT2D eigenvalue weighted by Gasteiger charge is 2.09. The maximum absolute atomic E-state index is 12.2. The van der Waals surface area contributed by atoms with Gasteiger partial charge in [-0.25, -0.2) is 5.43 Å². The molecule has 160 valence electrons. The molecule has 0 bridgehead atoms.